The monoisotopic (exact) mass is 336 g/mol. The number of carbonyl (C=O) groups excluding carboxylic acids is 2. The molecule has 2 amide bonds. The Morgan fingerprint density at radius 1 is 1.12 bits per heavy atom. The molecule has 1 aliphatic rings. The van der Waals surface area contributed by atoms with Crippen molar-refractivity contribution >= 4 is 17.5 Å². The van der Waals surface area contributed by atoms with Crippen molar-refractivity contribution in [2.24, 2.45) is 0 Å². The third-order valence-corrected chi connectivity index (χ3v) is 4.75. The second-order valence-corrected chi connectivity index (χ2v) is 6.49. The first-order chi connectivity index (χ1) is 12.1. The average Bonchev–Trinajstić information content (AvgIpc) is 3.07. The van der Waals surface area contributed by atoms with Gasteiger partial charge in [-0.25, -0.2) is 0 Å². The van der Waals surface area contributed by atoms with Gasteiger partial charge in [0.05, 0.1) is 6.04 Å². The van der Waals surface area contributed by atoms with E-state index in [0.29, 0.717) is 12.0 Å². The number of aryl methyl sites for hydroxylation is 1. The molecular formula is C21H24N2O2. The van der Waals surface area contributed by atoms with E-state index < -0.39 is 0 Å². The summed E-state index contributed by atoms with van der Waals surface area (Å²) in [5, 5.41) is 3.03. The van der Waals surface area contributed by atoms with E-state index in [0.717, 1.165) is 30.6 Å². The molecule has 2 aromatic carbocycles. The lowest BCUT2D eigenvalue weighted by Crippen LogP contribution is -2.27. The lowest BCUT2D eigenvalue weighted by molar-refractivity contribution is -0.117. The van der Waals surface area contributed by atoms with Gasteiger partial charge >= 0.3 is 0 Å². The molecule has 0 aromatic heterocycles. The molecule has 1 atom stereocenters. The number of carbonyl (C=O) groups is 2. The third-order valence-electron chi connectivity index (χ3n) is 4.75. The molecule has 25 heavy (non-hydrogen) atoms. The summed E-state index contributed by atoms with van der Waals surface area (Å²) in [6.45, 7) is 4.87. The maximum Gasteiger partial charge on any atom is 0.251 e. The van der Waals surface area contributed by atoms with Crippen LogP contribution in [0.4, 0.5) is 5.69 Å². The Bertz CT molecular complexity index is 750. The SMILES string of the molecule is CCc1ccc([C@H](C)NC(=O)c2ccc(N3CCCC3=O)cc2)cc1. The first-order valence-corrected chi connectivity index (χ1v) is 8.88. The summed E-state index contributed by atoms with van der Waals surface area (Å²) >= 11 is 0. The van der Waals surface area contributed by atoms with Gasteiger partial charge in [-0.3, -0.25) is 9.59 Å². The fourth-order valence-electron chi connectivity index (χ4n) is 3.12. The standard InChI is InChI=1S/C21H24N2O2/c1-3-16-6-8-17(9-7-16)15(2)22-21(25)18-10-12-19(13-11-18)23-14-4-5-20(23)24/h6-13,15H,3-5,14H2,1-2H3,(H,22,25)/t15-/m0/s1. The van der Waals surface area contributed by atoms with Crippen molar-refractivity contribution in [3.8, 4) is 0 Å². The first-order valence-electron chi connectivity index (χ1n) is 8.88. The summed E-state index contributed by atoms with van der Waals surface area (Å²) in [5.41, 5.74) is 3.84. The minimum absolute atomic E-state index is 0.0572. The van der Waals surface area contributed by atoms with Crippen molar-refractivity contribution in [3.63, 3.8) is 0 Å². The van der Waals surface area contributed by atoms with E-state index in [1.807, 2.05) is 19.1 Å². The van der Waals surface area contributed by atoms with Crippen LogP contribution in [0.1, 0.15) is 54.2 Å². The van der Waals surface area contributed by atoms with E-state index in [-0.39, 0.29) is 17.9 Å². The Morgan fingerprint density at radius 3 is 2.36 bits per heavy atom. The number of nitrogens with zero attached hydrogens (tertiary/aromatic N) is 1. The number of hydrogen-bond donors (Lipinski definition) is 1. The maximum absolute atomic E-state index is 12.5. The number of amides is 2. The van der Waals surface area contributed by atoms with Gasteiger partial charge in [-0.15, -0.1) is 0 Å². The molecule has 3 rings (SSSR count). The molecule has 0 unspecified atom stereocenters. The Kier molecular flexibility index (Phi) is 5.17. The summed E-state index contributed by atoms with van der Waals surface area (Å²) in [5.74, 6) is 0.0488. The number of anilines is 1. The topological polar surface area (TPSA) is 49.4 Å². The second-order valence-electron chi connectivity index (χ2n) is 6.49. The zero-order valence-electron chi connectivity index (χ0n) is 14.8. The summed E-state index contributed by atoms with van der Waals surface area (Å²) in [6, 6.07) is 15.5. The fraction of sp³-hybridized carbons (Fsp3) is 0.333. The molecule has 1 heterocycles. The molecule has 1 saturated heterocycles. The van der Waals surface area contributed by atoms with Gasteiger partial charge in [0, 0.05) is 24.2 Å². The maximum atomic E-state index is 12.5. The first kappa shape index (κ1) is 17.2. The quantitative estimate of drug-likeness (QED) is 0.901. The number of rotatable bonds is 5. The van der Waals surface area contributed by atoms with Crippen LogP contribution in [0, 0.1) is 0 Å². The smallest absolute Gasteiger partial charge is 0.251 e. The predicted molar refractivity (Wildman–Crippen MR) is 99.7 cm³/mol. The Hall–Kier alpha value is -2.62. The molecule has 4 heteroatoms. The molecule has 1 fully saturated rings. The zero-order valence-corrected chi connectivity index (χ0v) is 14.8. The van der Waals surface area contributed by atoms with E-state index in [1.165, 1.54) is 5.56 Å². The number of hydrogen-bond acceptors (Lipinski definition) is 2. The van der Waals surface area contributed by atoms with Crippen LogP contribution in [0.5, 0.6) is 0 Å². The average molecular weight is 336 g/mol. The van der Waals surface area contributed by atoms with Crippen LogP contribution in [0.3, 0.4) is 0 Å². The summed E-state index contributed by atoms with van der Waals surface area (Å²) in [7, 11) is 0. The van der Waals surface area contributed by atoms with E-state index in [2.05, 4.69) is 36.5 Å². The second kappa shape index (κ2) is 7.51. The minimum atomic E-state index is -0.105. The summed E-state index contributed by atoms with van der Waals surface area (Å²) in [6.07, 6.45) is 2.51. The largest absolute Gasteiger partial charge is 0.346 e. The van der Waals surface area contributed by atoms with E-state index >= 15 is 0 Å². The highest BCUT2D eigenvalue weighted by molar-refractivity contribution is 5.97. The van der Waals surface area contributed by atoms with Gasteiger partial charge < -0.3 is 10.2 Å². The van der Waals surface area contributed by atoms with E-state index in [9.17, 15) is 9.59 Å². The highest BCUT2D eigenvalue weighted by atomic mass is 16.2. The molecule has 0 saturated carbocycles. The molecule has 2 aromatic rings. The van der Waals surface area contributed by atoms with Crippen molar-refractivity contribution in [1.82, 2.24) is 5.32 Å². The molecular weight excluding hydrogens is 312 g/mol. The Morgan fingerprint density at radius 2 is 1.80 bits per heavy atom. The van der Waals surface area contributed by atoms with Crippen LogP contribution in [0.25, 0.3) is 0 Å². The van der Waals surface area contributed by atoms with Crippen LogP contribution in [0.2, 0.25) is 0 Å². The van der Waals surface area contributed by atoms with Crippen LogP contribution in [-0.4, -0.2) is 18.4 Å². The lowest BCUT2D eigenvalue weighted by Gasteiger charge is -2.17. The van der Waals surface area contributed by atoms with Crippen LogP contribution >= 0.6 is 0 Å². The van der Waals surface area contributed by atoms with Gasteiger partial charge in [0.1, 0.15) is 0 Å². The van der Waals surface area contributed by atoms with Gasteiger partial charge in [0.15, 0.2) is 0 Å². The molecule has 1 aliphatic heterocycles. The van der Waals surface area contributed by atoms with Crippen LogP contribution < -0.4 is 10.2 Å². The number of nitrogens with one attached hydrogen (secondary N) is 1. The van der Waals surface area contributed by atoms with Crippen molar-refractivity contribution in [1.29, 1.82) is 0 Å². The molecule has 130 valence electrons. The molecule has 0 spiro atoms. The van der Waals surface area contributed by atoms with Gasteiger partial charge in [-0.05, 0) is 55.2 Å². The van der Waals surface area contributed by atoms with Crippen molar-refractivity contribution in [3.05, 3.63) is 65.2 Å². The zero-order chi connectivity index (χ0) is 17.8. The fourth-order valence-corrected chi connectivity index (χ4v) is 3.12. The lowest BCUT2D eigenvalue weighted by atomic mass is 10.0. The highest BCUT2D eigenvalue weighted by Gasteiger charge is 2.21. The van der Waals surface area contributed by atoms with E-state index in [4.69, 9.17) is 0 Å². The van der Waals surface area contributed by atoms with Crippen molar-refractivity contribution < 1.29 is 9.59 Å². The van der Waals surface area contributed by atoms with Crippen molar-refractivity contribution in [2.75, 3.05) is 11.4 Å². The van der Waals surface area contributed by atoms with E-state index in [1.54, 1.807) is 17.0 Å². The Labute approximate surface area is 148 Å². The van der Waals surface area contributed by atoms with Crippen LogP contribution in [-0.2, 0) is 11.2 Å². The molecule has 0 radical (unpaired) electrons. The number of benzene rings is 2. The highest BCUT2D eigenvalue weighted by Crippen LogP contribution is 2.22. The molecule has 0 aliphatic carbocycles. The normalized spacial score (nSPS) is 15.3. The van der Waals surface area contributed by atoms with Crippen molar-refractivity contribution in [2.45, 2.75) is 39.2 Å². The Balaban J connectivity index is 1.65. The minimum Gasteiger partial charge on any atom is -0.346 e. The van der Waals surface area contributed by atoms with Gasteiger partial charge in [0.25, 0.3) is 5.91 Å². The molecule has 4 nitrogen and oxygen atoms in total. The molecule has 1 N–H and O–H groups in total. The summed E-state index contributed by atoms with van der Waals surface area (Å²) < 4.78 is 0. The van der Waals surface area contributed by atoms with Crippen LogP contribution in [0.15, 0.2) is 48.5 Å². The summed E-state index contributed by atoms with van der Waals surface area (Å²) in [4.78, 5) is 26.0. The third kappa shape index (κ3) is 3.90. The van der Waals surface area contributed by atoms with Gasteiger partial charge in [0.2, 0.25) is 5.91 Å². The predicted octanol–water partition coefficient (Wildman–Crippen LogP) is 3.87. The van der Waals surface area contributed by atoms with Gasteiger partial charge in [-0.2, -0.15) is 0 Å². The molecule has 0 bridgehead atoms. The van der Waals surface area contributed by atoms with Gasteiger partial charge in [-0.1, -0.05) is 31.2 Å².